The minimum atomic E-state index is -3.87. The van der Waals surface area contributed by atoms with Gasteiger partial charge in [0, 0.05) is 15.8 Å². The number of anilines is 1. The molecule has 5 nitrogen and oxygen atoms in total. The maximum atomic E-state index is 13.7. The lowest BCUT2D eigenvalue weighted by atomic mass is 10.1. The molecule has 7 heteroatoms. The fraction of sp³-hybridized carbons (Fsp3) is 0.240. The van der Waals surface area contributed by atoms with E-state index in [1.54, 1.807) is 26.0 Å². The smallest absolute Gasteiger partial charge is 0.244 e. The van der Waals surface area contributed by atoms with E-state index in [0.29, 0.717) is 23.2 Å². The van der Waals surface area contributed by atoms with Crippen molar-refractivity contribution in [2.45, 2.75) is 32.1 Å². The monoisotopic (exact) mass is 562 g/mol. The van der Waals surface area contributed by atoms with Crippen molar-refractivity contribution in [3.05, 3.63) is 92.6 Å². The van der Waals surface area contributed by atoms with E-state index < -0.39 is 10.0 Å². The van der Waals surface area contributed by atoms with Gasteiger partial charge in [-0.2, -0.15) is 4.31 Å². The molecule has 0 atom stereocenters. The van der Waals surface area contributed by atoms with Crippen molar-refractivity contribution in [2.24, 2.45) is 0 Å². The molecule has 0 fully saturated rings. The fourth-order valence-electron chi connectivity index (χ4n) is 3.78. The Morgan fingerprint density at radius 2 is 1.53 bits per heavy atom. The topological polar surface area (TPSA) is 66.5 Å². The van der Waals surface area contributed by atoms with Crippen LogP contribution in [0.4, 0.5) is 5.69 Å². The van der Waals surface area contributed by atoms with E-state index >= 15 is 0 Å². The summed E-state index contributed by atoms with van der Waals surface area (Å²) in [4.78, 5) is 13.1. The van der Waals surface area contributed by atoms with Gasteiger partial charge in [-0.05, 0) is 90.7 Å². The van der Waals surface area contributed by atoms with Crippen LogP contribution in [0.5, 0.6) is 0 Å². The van der Waals surface area contributed by atoms with E-state index in [0.717, 1.165) is 14.7 Å². The van der Waals surface area contributed by atoms with Gasteiger partial charge in [-0.3, -0.25) is 4.79 Å². The third-order valence-corrected chi connectivity index (χ3v) is 8.01. The minimum Gasteiger partial charge on any atom is -0.325 e. The van der Waals surface area contributed by atoms with Crippen molar-refractivity contribution >= 4 is 44.2 Å². The average molecular weight is 562 g/mol. The molecule has 0 aliphatic heterocycles. The maximum absolute atomic E-state index is 13.7. The van der Waals surface area contributed by atoms with Crippen LogP contribution in [0.2, 0.25) is 0 Å². The highest BCUT2D eigenvalue weighted by atomic mass is 127. The number of rotatable bonds is 8. The molecule has 0 unspecified atom stereocenters. The largest absolute Gasteiger partial charge is 0.325 e. The molecular weight excluding hydrogens is 535 g/mol. The molecule has 0 aliphatic rings. The van der Waals surface area contributed by atoms with Crippen LogP contribution in [0, 0.1) is 24.3 Å². The summed E-state index contributed by atoms with van der Waals surface area (Å²) >= 11 is 2.19. The van der Waals surface area contributed by atoms with Gasteiger partial charge in [0.2, 0.25) is 15.9 Å². The molecule has 0 bridgehead atoms. The first-order valence-corrected chi connectivity index (χ1v) is 12.9. The number of amides is 1. The Bertz CT molecular complexity index is 1170. The van der Waals surface area contributed by atoms with Crippen molar-refractivity contribution < 1.29 is 13.2 Å². The van der Waals surface area contributed by atoms with Crippen molar-refractivity contribution in [2.75, 3.05) is 18.4 Å². The second-order valence-electron chi connectivity index (χ2n) is 7.86. The van der Waals surface area contributed by atoms with E-state index in [9.17, 15) is 13.2 Å². The molecule has 32 heavy (non-hydrogen) atoms. The zero-order valence-electron chi connectivity index (χ0n) is 18.4. The number of nitrogens with zero attached hydrogens (tertiary/aromatic N) is 1. The Hall–Kier alpha value is -2.23. The summed E-state index contributed by atoms with van der Waals surface area (Å²) in [5.41, 5.74) is 4.03. The minimum absolute atomic E-state index is 0.208. The molecule has 3 aromatic rings. The van der Waals surface area contributed by atoms with Gasteiger partial charge in [0.25, 0.3) is 0 Å². The van der Waals surface area contributed by atoms with Crippen molar-refractivity contribution in [1.29, 1.82) is 0 Å². The van der Waals surface area contributed by atoms with Gasteiger partial charge in [-0.15, -0.1) is 0 Å². The lowest BCUT2D eigenvalue weighted by molar-refractivity contribution is -0.116. The summed E-state index contributed by atoms with van der Waals surface area (Å²) in [6.07, 6.45) is 0.515. The molecule has 0 aliphatic carbocycles. The molecule has 0 saturated carbocycles. The number of hydrogen-bond donors (Lipinski definition) is 1. The number of benzene rings is 3. The number of carbonyl (C=O) groups excluding carboxylic acids is 1. The molecule has 0 aromatic heterocycles. The summed E-state index contributed by atoms with van der Waals surface area (Å²) < 4.78 is 29.7. The van der Waals surface area contributed by atoms with Gasteiger partial charge in [-0.1, -0.05) is 48.0 Å². The van der Waals surface area contributed by atoms with Crippen LogP contribution in [0.3, 0.4) is 0 Å². The molecule has 0 radical (unpaired) electrons. The number of sulfonamides is 1. The van der Waals surface area contributed by atoms with Crippen LogP contribution < -0.4 is 5.32 Å². The lowest BCUT2D eigenvalue weighted by Gasteiger charge is -2.24. The Balaban J connectivity index is 1.89. The Labute approximate surface area is 204 Å². The highest BCUT2D eigenvalue weighted by Gasteiger charge is 2.29. The molecule has 1 amide bonds. The first-order chi connectivity index (χ1) is 15.2. The average Bonchev–Trinajstić information content (AvgIpc) is 2.72. The fourth-order valence-corrected chi connectivity index (χ4v) is 5.95. The molecule has 0 heterocycles. The van der Waals surface area contributed by atoms with Crippen LogP contribution in [-0.2, 0) is 21.2 Å². The SMILES string of the molecule is Cc1cc(C)c(S(=O)(=O)N(CCc2ccccc2)CC(=O)Nc2ccc(I)cc2)c(C)c1. The second kappa shape index (κ2) is 10.6. The summed E-state index contributed by atoms with van der Waals surface area (Å²) in [6.45, 7) is 5.49. The Kier molecular flexibility index (Phi) is 8.08. The van der Waals surface area contributed by atoms with Gasteiger partial charge < -0.3 is 5.32 Å². The molecule has 0 saturated heterocycles. The van der Waals surface area contributed by atoms with Crippen LogP contribution in [0.25, 0.3) is 0 Å². The summed E-state index contributed by atoms with van der Waals surface area (Å²) in [5.74, 6) is -0.370. The van der Waals surface area contributed by atoms with Gasteiger partial charge in [0.05, 0.1) is 11.4 Å². The van der Waals surface area contributed by atoms with Gasteiger partial charge in [0.1, 0.15) is 0 Å². The first kappa shape index (κ1) is 24.4. The predicted octanol–water partition coefficient (Wildman–Crippen LogP) is 5.09. The normalized spacial score (nSPS) is 11.5. The zero-order valence-corrected chi connectivity index (χ0v) is 21.4. The number of carbonyl (C=O) groups is 1. The number of aryl methyl sites for hydroxylation is 3. The van der Waals surface area contributed by atoms with E-state index in [4.69, 9.17) is 0 Å². The third-order valence-electron chi connectivity index (χ3n) is 5.14. The summed E-state index contributed by atoms with van der Waals surface area (Å²) in [6, 6.07) is 20.8. The van der Waals surface area contributed by atoms with Gasteiger partial charge >= 0.3 is 0 Å². The first-order valence-electron chi connectivity index (χ1n) is 10.3. The highest BCUT2D eigenvalue weighted by Crippen LogP contribution is 2.25. The summed E-state index contributed by atoms with van der Waals surface area (Å²) in [5, 5.41) is 2.81. The number of nitrogens with one attached hydrogen (secondary N) is 1. The molecule has 168 valence electrons. The standard InChI is InChI=1S/C25H27IN2O3S/c1-18-15-19(2)25(20(3)16-18)32(30,31)28(14-13-21-7-5-4-6-8-21)17-24(29)27-23-11-9-22(26)10-12-23/h4-12,15-16H,13-14,17H2,1-3H3,(H,27,29). The second-order valence-corrected chi connectivity index (χ2v) is 11.0. The van der Waals surface area contributed by atoms with E-state index in [2.05, 4.69) is 27.9 Å². The van der Waals surface area contributed by atoms with Crippen molar-refractivity contribution in [3.63, 3.8) is 0 Å². The molecule has 3 aromatic carbocycles. The quantitative estimate of drug-likeness (QED) is 0.389. The third kappa shape index (κ3) is 6.17. The summed E-state index contributed by atoms with van der Waals surface area (Å²) in [7, 11) is -3.87. The molecule has 0 spiro atoms. The van der Waals surface area contributed by atoms with E-state index in [1.807, 2.05) is 61.5 Å². The Morgan fingerprint density at radius 1 is 0.938 bits per heavy atom. The van der Waals surface area contributed by atoms with Gasteiger partial charge in [0.15, 0.2) is 0 Å². The number of hydrogen-bond acceptors (Lipinski definition) is 3. The van der Waals surface area contributed by atoms with Crippen LogP contribution in [-0.4, -0.2) is 31.7 Å². The molecule has 3 rings (SSSR count). The number of halogens is 1. The Morgan fingerprint density at radius 3 is 2.12 bits per heavy atom. The maximum Gasteiger partial charge on any atom is 0.244 e. The van der Waals surface area contributed by atoms with Crippen molar-refractivity contribution in [1.82, 2.24) is 4.31 Å². The van der Waals surface area contributed by atoms with Crippen LogP contribution >= 0.6 is 22.6 Å². The van der Waals surface area contributed by atoms with Crippen LogP contribution in [0.15, 0.2) is 71.6 Å². The van der Waals surface area contributed by atoms with Gasteiger partial charge in [-0.25, -0.2) is 8.42 Å². The lowest BCUT2D eigenvalue weighted by Crippen LogP contribution is -2.39. The predicted molar refractivity (Wildman–Crippen MR) is 137 cm³/mol. The zero-order chi connectivity index (χ0) is 23.3. The van der Waals surface area contributed by atoms with Crippen molar-refractivity contribution in [3.8, 4) is 0 Å². The molecule has 1 N–H and O–H groups in total. The van der Waals surface area contributed by atoms with E-state index in [1.165, 1.54) is 4.31 Å². The van der Waals surface area contributed by atoms with E-state index in [-0.39, 0.29) is 23.9 Å². The molecular formula is C25H27IN2O3S. The van der Waals surface area contributed by atoms with Crippen LogP contribution in [0.1, 0.15) is 22.3 Å². The highest BCUT2D eigenvalue weighted by molar-refractivity contribution is 14.1.